The Balaban J connectivity index is 1.90. The Hall–Kier alpha value is -2.14. The Morgan fingerprint density at radius 3 is 2.53 bits per heavy atom. The average Bonchev–Trinajstić information content (AvgIpc) is 3.10. The monoisotopic (exact) mass is 270 g/mol. The van der Waals surface area contributed by atoms with E-state index in [-0.39, 0.29) is 0 Å². The van der Waals surface area contributed by atoms with Crippen LogP contribution in [0.3, 0.4) is 0 Å². The van der Waals surface area contributed by atoms with Gasteiger partial charge in [0.25, 0.3) is 0 Å². The molecule has 2 heterocycles. The lowest BCUT2D eigenvalue weighted by molar-refractivity contribution is 0.754. The van der Waals surface area contributed by atoms with Crippen LogP contribution in [0.1, 0.15) is 0 Å². The highest BCUT2D eigenvalue weighted by molar-refractivity contribution is 7.08. The van der Waals surface area contributed by atoms with Gasteiger partial charge in [0.2, 0.25) is 0 Å². The van der Waals surface area contributed by atoms with Gasteiger partial charge in [-0.1, -0.05) is 0 Å². The van der Waals surface area contributed by atoms with E-state index < -0.39 is 0 Å². The van der Waals surface area contributed by atoms with Crippen LogP contribution >= 0.6 is 11.3 Å². The molecule has 0 spiro atoms. The van der Waals surface area contributed by atoms with E-state index >= 15 is 0 Å². The van der Waals surface area contributed by atoms with Crippen molar-refractivity contribution in [3.63, 3.8) is 0 Å². The summed E-state index contributed by atoms with van der Waals surface area (Å²) in [5.41, 5.74) is 4.14. The Bertz CT molecular complexity index is 653. The SMILES string of the molecule is CN(C)c1ccc(-n2ncc(-c3ccsc3)n2)cc1. The van der Waals surface area contributed by atoms with Gasteiger partial charge in [0, 0.05) is 30.7 Å². The molecule has 0 atom stereocenters. The Kier molecular flexibility index (Phi) is 3.05. The molecule has 0 unspecified atom stereocenters. The second kappa shape index (κ2) is 4.85. The number of benzene rings is 1. The van der Waals surface area contributed by atoms with Gasteiger partial charge in [-0.3, -0.25) is 0 Å². The van der Waals surface area contributed by atoms with Crippen molar-refractivity contribution in [2.75, 3.05) is 19.0 Å². The highest BCUT2D eigenvalue weighted by atomic mass is 32.1. The van der Waals surface area contributed by atoms with E-state index in [4.69, 9.17) is 0 Å². The van der Waals surface area contributed by atoms with Crippen molar-refractivity contribution in [2.45, 2.75) is 0 Å². The number of nitrogens with zero attached hydrogens (tertiary/aromatic N) is 4. The van der Waals surface area contributed by atoms with E-state index in [1.54, 1.807) is 22.3 Å². The summed E-state index contributed by atoms with van der Waals surface area (Å²) in [5.74, 6) is 0. The minimum absolute atomic E-state index is 0.901. The fraction of sp³-hybridized carbons (Fsp3) is 0.143. The lowest BCUT2D eigenvalue weighted by Gasteiger charge is -2.12. The maximum absolute atomic E-state index is 4.50. The van der Waals surface area contributed by atoms with Crippen LogP contribution in [0.15, 0.2) is 47.3 Å². The molecule has 1 aromatic carbocycles. The molecular formula is C14H14N4S. The number of aromatic nitrogens is 3. The van der Waals surface area contributed by atoms with Crippen LogP contribution < -0.4 is 4.90 Å². The lowest BCUT2D eigenvalue weighted by Crippen LogP contribution is -2.08. The lowest BCUT2D eigenvalue weighted by atomic mass is 10.3. The van der Waals surface area contributed by atoms with Gasteiger partial charge in [-0.05, 0) is 35.7 Å². The molecule has 96 valence electrons. The molecular weight excluding hydrogens is 256 g/mol. The van der Waals surface area contributed by atoms with E-state index in [0.29, 0.717) is 0 Å². The van der Waals surface area contributed by atoms with Gasteiger partial charge in [0.1, 0.15) is 5.69 Å². The molecule has 5 heteroatoms. The smallest absolute Gasteiger partial charge is 0.114 e. The third-order valence-corrected chi connectivity index (χ3v) is 3.59. The van der Waals surface area contributed by atoms with E-state index in [0.717, 1.165) is 22.6 Å². The number of thiophene rings is 1. The zero-order chi connectivity index (χ0) is 13.2. The first-order valence-electron chi connectivity index (χ1n) is 5.97. The predicted molar refractivity (Wildman–Crippen MR) is 79.0 cm³/mol. The highest BCUT2D eigenvalue weighted by Gasteiger charge is 2.05. The molecule has 0 saturated carbocycles. The standard InChI is InChI=1S/C14H14N4S/c1-17(2)12-3-5-13(6-4-12)18-15-9-14(16-18)11-7-8-19-10-11/h3-10H,1-2H3. The molecule has 19 heavy (non-hydrogen) atoms. The summed E-state index contributed by atoms with van der Waals surface area (Å²) in [6.07, 6.45) is 1.79. The summed E-state index contributed by atoms with van der Waals surface area (Å²) in [4.78, 5) is 3.73. The molecule has 0 bridgehead atoms. The minimum atomic E-state index is 0.901. The second-order valence-corrected chi connectivity index (χ2v) is 5.22. The Morgan fingerprint density at radius 1 is 1.11 bits per heavy atom. The van der Waals surface area contributed by atoms with Crippen LogP contribution in [0.25, 0.3) is 16.9 Å². The summed E-state index contributed by atoms with van der Waals surface area (Å²) in [5, 5.41) is 12.9. The molecule has 0 fully saturated rings. The van der Waals surface area contributed by atoms with Crippen LogP contribution in [0, 0.1) is 0 Å². The number of anilines is 1. The predicted octanol–water partition coefficient (Wildman–Crippen LogP) is 3.06. The van der Waals surface area contributed by atoms with E-state index in [1.165, 1.54) is 0 Å². The quantitative estimate of drug-likeness (QED) is 0.733. The van der Waals surface area contributed by atoms with Crippen LogP contribution in [0.4, 0.5) is 5.69 Å². The maximum Gasteiger partial charge on any atom is 0.114 e. The summed E-state index contributed by atoms with van der Waals surface area (Å²) in [7, 11) is 4.05. The minimum Gasteiger partial charge on any atom is -0.378 e. The maximum atomic E-state index is 4.50. The van der Waals surface area contributed by atoms with E-state index in [2.05, 4.69) is 32.6 Å². The normalized spacial score (nSPS) is 10.6. The van der Waals surface area contributed by atoms with Crippen LogP contribution in [0.2, 0.25) is 0 Å². The number of hydrogen-bond acceptors (Lipinski definition) is 4. The molecule has 0 aliphatic heterocycles. The molecule has 3 aromatic rings. The molecule has 2 aromatic heterocycles. The third kappa shape index (κ3) is 2.37. The molecule has 0 aliphatic rings. The molecule has 0 N–H and O–H groups in total. The highest BCUT2D eigenvalue weighted by Crippen LogP contribution is 2.20. The van der Waals surface area contributed by atoms with Crippen molar-refractivity contribution in [1.29, 1.82) is 0 Å². The molecule has 3 rings (SSSR count). The molecule has 0 aliphatic carbocycles. The Morgan fingerprint density at radius 2 is 1.89 bits per heavy atom. The van der Waals surface area contributed by atoms with Gasteiger partial charge >= 0.3 is 0 Å². The van der Waals surface area contributed by atoms with Crippen molar-refractivity contribution in [1.82, 2.24) is 15.0 Å². The molecule has 0 saturated heterocycles. The van der Waals surface area contributed by atoms with Gasteiger partial charge in [0.15, 0.2) is 0 Å². The van der Waals surface area contributed by atoms with E-state index in [1.807, 2.05) is 37.7 Å². The van der Waals surface area contributed by atoms with Crippen molar-refractivity contribution >= 4 is 17.0 Å². The molecule has 0 radical (unpaired) electrons. The fourth-order valence-corrected chi connectivity index (χ4v) is 2.46. The number of hydrogen-bond donors (Lipinski definition) is 0. The largest absolute Gasteiger partial charge is 0.378 e. The van der Waals surface area contributed by atoms with Gasteiger partial charge in [-0.25, -0.2) is 0 Å². The first-order valence-corrected chi connectivity index (χ1v) is 6.91. The van der Waals surface area contributed by atoms with Gasteiger partial charge in [0.05, 0.1) is 11.9 Å². The topological polar surface area (TPSA) is 34.0 Å². The average molecular weight is 270 g/mol. The number of rotatable bonds is 3. The van der Waals surface area contributed by atoms with Crippen molar-refractivity contribution < 1.29 is 0 Å². The zero-order valence-corrected chi connectivity index (χ0v) is 11.6. The summed E-state index contributed by atoms with van der Waals surface area (Å²) in [6, 6.07) is 10.2. The van der Waals surface area contributed by atoms with Crippen LogP contribution in [-0.2, 0) is 0 Å². The fourth-order valence-electron chi connectivity index (χ4n) is 1.81. The van der Waals surface area contributed by atoms with Crippen molar-refractivity contribution in [3.8, 4) is 16.9 Å². The van der Waals surface area contributed by atoms with E-state index in [9.17, 15) is 0 Å². The first-order chi connectivity index (χ1) is 9.24. The third-order valence-electron chi connectivity index (χ3n) is 2.91. The Labute approximate surface area is 115 Å². The van der Waals surface area contributed by atoms with Gasteiger partial charge < -0.3 is 4.90 Å². The van der Waals surface area contributed by atoms with Gasteiger partial charge in [-0.15, -0.1) is 5.10 Å². The zero-order valence-electron chi connectivity index (χ0n) is 10.8. The molecule has 4 nitrogen and oxygen atoms in total. The summed E-state index contributed by atoms with van der Waals surface area (Å²) >= 11 is 1.66. The first kappa shape index (κ1) is 11.9. The summed E-state index contributed by atoms with van der Waals surface area (Å²) < 4.78 is 0. The summed E-state index contributed by atoms with van der Waals surface area (Å²) in [6.45, 7) is 0. The molecule has 0 amide bonds. The van der Waals surface area contributed by atoms with Crippen LogP contribution in [0.5, 0.6) is 0 Å². The van der Waals surface area contributed by atoms with Crippen LogP contribution in [-0.4, -0.2) is 29.1 Å². The van der Waals surface area contributed by atoms with Gasteiger partial charge in [-0.2, -0.15) is 21.2 Å². The van der Waals surface area contributed by atoms with Crippen molar-refractivity contribution in [3.05, 3.63) is 47.3 Å². The second-order valence-electron chi connectivity index (χ2n) is 4.44. The van der Waals surface area contributed by atoms with Crippen molar-refractivity contribution in [2.24, 2.45) is 0 Å².